The summed E-state index contributed by atoms with van der Waals surface area (Å²) in [6, 6.07) is -0.263. The zero-order valence-corrected chi connectivity index (χ0v) is 19.4. The van der Waals surface area contributed by atoms with E-state index < -0.39 is 11.1 Å². The first-order valence-corrected chi connectivity index (χ1v) is 11.1. The second kappa shape index (κ2) is 9.28. The van der Waals surface area contributed by atoms with Crippen LogP contribution in [0.25, 0.3) is 11.3 Å². The Kier molecular flexibility index (Phi) is 6.46. The van der Waals surface area contributed by atoms with Gasteiger partial charge in [-0.1, -0.05) is 5.21 Å². The summed E-state index contributed by atoms with van der Waals surface area (Å²) in [6.45, 7) is 6.27. The lowest BCUT2D eigenvalue weighted by Crippen LogP contribution is -2.43. The number of carbonyl (C=O) groups is 1. The molecular weight excluding hydrogens is 484 g/mol. The van der Waals surface area contributed by atoms with Gasteiger partial charge in [-0.2, -0.15) is 0 Å². The maximum Gasteiger partial charge on any atom is 0.318 e. The average molecular weight is 507 g/mol. The number of amides is 1. The van der Waals surface area contributed by atoms with Gasteiger partial charge in [0.15, 0.2) is 11.3 Å². The summed E-state index contributed by atoms with van der Waals surface area (Å²) in [5.74, 6) is 0.0331. The molecule has 13 heteroatoms. The summed E-state index contributed by atoms with van der Waals surface area (Å²) in [5.41, 5.74) is -0.326. The summed E-state index contributed by atoms with van der Waals surface area (Å²) >= 11 is 3.27. The second-order valence-corrected chi connectivity index (χ2v) is 8.53. The highest BCUT2D eigenvalue weighted by molar-refractivity contribution is 9.10. The Bertz CT molecular complexity index is 1260. The molecule has 1 amide bonds. The molecule has 3 aromatic rings. The number of halogens is 1. The number of aryl methyl sites for hydroxylation is 1. The zero-order chi connectivity index (χ0) is 22.8. The lowest BCUT2D eigenvalue weighted by atomic mass is 10.3. The number of hydrogen-bond donors (Lipinski definition) is 0. The topological polar surface area (TPSA) is 130 Å². The molecule has 12 nitrogen and oxygen atoms in total. The van der Waals surface area contributed by atoms with Crippen LogP contribution in [0, 0.1) is 0 Å². The molecule has 0 atom stereocenters. The van der Waals surface area contributed by atoms with Crippen LogP contribution in [0.5, 0.6) is 0 Å². The predicted octanol–water partition coefficient (Wildman–Crippen LogP) is 0.185. The molecule has 0 spiro atoms. The van der Waals surface area contributed by atoms with Crippen LogP contribution < -0.4 is 11.1 Å². The zero-order valence-electron chi connectivity index (χ0n) is 17.8. The van der Waals surface area contributed by atoms with E-state index in [2.05, 4.69) is 36.2 Å². The molecule has 1 aliphatic rings. The van der Waals surface area contributed by atoms with Gasteiger partial charge in [0.25, 0.3) is 0 Å². The fourth-order valence-electron chi connectivity index (χ4n) is 3.60. The smallest absolute Gasteiger partial charge is 0.318 e. The van der Waals surface area contributed by atoms with Crippen molar-refractivity contribution in [3.8, 4) is 0 Å². The van der Waals surface area contributed by atoms with Crippen molar-refractivity contribution >= 4 is 33.1 Å². The standard InChI is InChI=1S/C19H23BrN8O4/c1-12(2)28-17-16(21-9-14(20)22-17)27(18(30)19(28)31)11-13-10-26(24-23-13)4-3-15(29)25-5-7-32-8-6-25/h9-10,12H,3-8,11H2,1-2H3. The summed E-state index contributed by atoms with van der Waals surface area (Å²) in [5, 5.41) is 8.15. The van der Waals surface area contributed by atoms with Gasteiger partial charge < -0.3 is 9.64 Å². The molecule has 4 heterocycles. The minimum Gasteiger partial charge on any atom is -0.378 e. The first-order chi connectivity index (χ1) is 15.3. The van der Waals surface area contributed by atoms with E-state index in [9.17, 15) is 14.4 Å². The Morgan fingerprint density at radius 2 is 1.94 bits per heavy atom. The van der Waals surface area contributed by atoms with Gasteiger partial charge >= 0.3 is 11.1 Å². The Labute approximate surface area is 190 Å². The molecule has 0 bridgehead atoms. The highest BCUT2D eigenvalue weighted by Crippen LogP contribution is 2.14. The summed E-state index contributed by atoms with van der Waals surface area (Å²) in [6.07, 6.45) is 3.42. The largest absolute Gasteiger partial charge is 0.378 e. The van der Waals surface area contributed by atoms with E-state index in [0.29, 0.717) is 48.8 Å². The van der Waals surface area contributed by atoms with Gasteiger partial charge in [0.2, 0.25) is 5.91 Å². The van der Waals surface area contributed by atoms with E-state index in [4.69, 9.17) is 4.74 Å². The fraction of sp³-hybridized carbons (Fsp3) is 0.526. The van der Waals surface area contributed by atoms with Gasteiger partial charge in [-0.25, -0.2) is 9.97 Å². The minimum absolute atomic E-state index is 0.0111. The number of aromatic nitrogens is 7. The van der Waals surface area contributed by atoms with Gasteiger partial charge in [-0.15, -0.1) is 5.10 Å². The normalized spacial score (nSPS) is 14.4. The number of carbonyl (C=O) groups excluding carboxylic acids is 1. The van der Waals surface area contributed by atoms with Crippen LogP contribution in [0.1, 0.15) is 32.0 Å². The molecule has 1 saturated heterocycles. The van der Waals surface area contributed by atoms with Crippen LogP contribution in [0.2, 0.25) is 0 Å². The quantitative estimate of drug-likeness (QED) is 0.433. The molecule has 170 valence electrons. The van der Waals surface area contributed by atoms with Gasteiger partial charge in [0, 0.05) is 25.6 Å². The Morgan fingerprint density at radius 1 is 1.19 bits per heavy atom. The van der Waals surface area contributed by atoms with E-state index in [-0.39, 0.29) is 30.6 Å². The van der Waals surface area contributed by atoms with E-state index in [0.717, 1.165) is 0 Å². The van der Waals surface area contributed by atoms with Crippen LogP contribution in [0.15, 0.2) is 26.6 Å². The van der Waals surface area contributed by atoms with Gasteiger partial charge in [-0.3, -0.25) is 28.2 Å². The molecule has 0 unspecified atom stereocenters. The third-order valence-electron chi connectivity index (χ3n) is 5.18. The lowest BCUT2D eigenvalue weighted by molar-refractivity contribution is -0.135. The summed E-state index contributed by atoms with van der Waals surface area (Å²) in [7, 11) is 0. The summed E-state index contributed by atoms with van der Waals surface area (Å²) < 4.78 is 9.86. The molecule has 1 aliphatic heterocycles. The Balaban J connectivity index is 1.57. The highest BCUT2D eigenvalue weighted by Gasteiger charge is 2.19. The van der Waals surface area contributed by atoms with Crippen molar-refractivity contribution in [3.05, 3.63) is 43.4 Å². The number of ether oxygens (including phenoxy) is 1. The average Bonchev–Trinajstić information content (AvgIpc) is 3.23. The number of fused-ring (bicyclic) bond motifs is 1. The molecule has 4 rings (SSSR count). The molecule has 0 radical (unpaired) electrons. The molecule has 0 saturated carbocycles. The van der Waals surface area contributed by atoms with Gasteiger partial charge in [-0.05, 0) is 29.8 Å². The van der Waals surface area contributed by atoms with Crippen molar-refractivity contribution in [3.63, 3.8) is 0 Å². The SMILES string of the molecule is CC(C)n1c(=O)c(=O)n(Cc2cn(CCC(=O)N3CCOCC3)nn2)c2ncc(Br)nc21. The molecule has 32 heavy (non-hydrogen) atoms. The minimum atomic E-state index is -0.708. The second-order valence-electron chi connectivity index (χ2n) is 7.72. The van der Waals surface area contributed by atoms with E-state index in [1.54, 1.807) is 29.6 Å². The van der Waals surface area contributed by atoms with Crippen molar-refractivity contribution < 1.29 is 9.53 Å². The predicted molar refractivity (Wildman–Crippen MR) is 117 cm³/mol. The van der Waals surface area contributed by atoms with Crippen LogP contribution in [-0.4, -0.2) is 71.2 Å². The number of morpholine rings is 1. The number of hydrogen-bond acceptors (Lipinski definition) is 8. The molecule has 0 aliphatic carbocycles. The van der Waals surface area contributed by atoms with Crippen LogP contribution in [0.3, 0.4) is 0 Å². The molecule has 0 N–H and O–H groups in total. The van der Waals surface area contributed by atoms with Crippen molar-refractivity contribution in [2.45, 2.75) is 39.4 Å². The molecule has 3 aromatic heterocycles. The first-order valence-electron chi connectivity index (χ1n) is 10.3. The monoisotopic (exact) mass is 506 g/mol. The highest BCUT2D eigenvalue weighted by atomic mass is 79.9. The van der Waals surface area contributed by atoms with Gasteiger partial charge in [0.05, 0.1) is 38.7 Å². The van der Waals surface area contributed by atoms with Crippen LogP contribution in [0.4, 0.5) is 0 Å². The lowest BCUT2D eigenvalue weighted by Gasteiger charge is -2.26. The van der Waals surface area contributed by atoms with E-state index >= 15 is 0 Å². The van der Waals surface area contributed by atoms with Gasteiger partial charge in [0.1, 0.15) is 10.3 Å². The number of nitrogens with zero attached hydrogens (tertiary/aromatic N) is 8. The third kappa shape index (κ3) is 4.48. The first kappa shape index (κ1) is 22.3. The van der Waals surface area contributed by atoms with Crippen LogP contribution in [-0.2, 0) is 22.6 Å². The maximum absolute atomic E-state index is 12.8. The van der Waals surface area contributed by atoms with Crippen molar-refractivity contribution in [1.29, 1.82) is 0 Å². The van der Waals surface area contributed by atoms with E-state index in [1.165, 1.54) is 15.3 Å². The van der Waals surface area contributed by atoms with E-state index in [1.807, 2.05) is 0 Å². The van der Waals surface area contributed by atoms with Crippen molar-refractivity contribution in [2.75, 3.05) is 26.3 Å². The third-order valence-corrected chi connectivity index (χ3v) is 5.56. The number of rotatable bonds is 6. The Hall–Kier alpha value is -2.93. The van der Waals surface area contributed by atoms with Crippen LogP contribution >= 0.6 is 15.9 Å². The fourth-order valence-corrected chi connectivity index (χ4v) is 3.87. The molecular formula is C19H23BrN8O4. The van der Waals surface area contributed by atoms with Crippen molar-refractivity contribution in [1.82, 2.24) is 39.0 Å². The molecule has 0 aromatic carbocycles. The Morgan fingerprint density at radius 3 is 2.66 bits per heavy atom. The summed E-state index contributed by atoms with van der Waals surface area (Å²) in [4.78, 5) is 48.3. The van der Waals surface area contributed by atoms with Crippen molar-refractivity contribution in [2.24, 2.45) is 0 Å². The molecule has 1 fully saturated rings. The maximum atomic E-state index is 12.8.